The van der Waals surface area contributed by atoms with E-state index in [2.05, 4.69) is 10.3 Å². The third kappa shape index (κ3) is 3.84. The van der Waals surface area contributed by atoms with E-state index < -0.39 is 0 Å². The van der Waals surface area contributed by atoms with Gasteiger partial charge >= 0.3 is 0 Å². The number of carbonyl (C=O) groups excluding carboxylic acids is 3. The summed E-state index contributed by atoms with van der Waals surface area (Å²) in [5.74, 6) is -0.653. The van der Waals surface area contributed by atoms with Gasteiger partial charge in [-0.2, -0.15) is 0 Å². The third-order valence-corrected chi connectivity index (χ3v) is 6.59. The minimum absolute atomic E-state index is 0.00480. The molecule has 0 bridgehead atoms. The highest BCUT2D eigenvalue weighted by atomic mass is 32.1. The Balaban J connectivity index is 1.24. The van der Waals surface area contributed by atoms with Gasteiger partial charge in [-0.1, -0.05) is 29.5 Å². The normalized spacial score (nSPS) is 18.2. The molecule has 4 heterocycles. The van der Waals surface area contributed by atoms with Gasteiger partial charge in [-0.3, -0.25) is 19.7 Å². The highest BCUT2D eigenvalue weighted by molar-refractivity contribution is 7.15. The van der Waals surface area contributed by atoms with E-state index in [0.717, 1.165) is 16.3 Å². The number of aromatic nitrogens is 1. The summed E-state index contributed by atoms with van der Waals surface area (Å²) in [6.07, 6.45) is 3.68. The van der Waals surface area contributed by atoms with E-state index in [1.54, 1.807) is 15.9 Å². The van der Waals surface area contributed by atoms with Crippen LogP contribution in [-0.2, 0) is 22.6 Å². The van der Waals surface area contributed by atoms with Gasteiger partial charge in [0.15, 0.2) is 5.13 Å². The highest BCUT2D eigenvalue weighted by Crippen LogP contribution is 2.31. The zero-order valence-electron chi connectivity index (χ0n) is 16.6. The van der Waals surface area contributed by atoms with Crippen LogP contribution >= 0.6 is 11.3 Å². The summed E-state index contributed by atoms with van der Waals surface area (Å²) in [4.78, 5) is 46.8. The maximum atomic E-state index is 13.1. The Bertz CT molecular complexity index is 1130. The zero-order valence-corrected chi connectivity index (χ0v) is 17.4. The molecule has 1 atom stereocenters. The Morgan fingerprint density at radius 2 is 2.03 bits per heavy atom. The number of rotatable bonds is 4. The molecule has 0 aliphatic carbocycles. The summed E-state index contributed by atoms with van der Waals surface area (Å²) in [6, 6.07) is 11.0. The second-order valence-corrected chi connectivity index (χ2v) is 8.69. The molecular weight excluding hydrogens is 416 g/mol. The molecule has 1 saturated heterocycles. The molecule has 0 unspecified atom stereocenters. The minimum Gasteiger partial charge on any atom is -0.472 e. The van der Waals surface area contributed by atoms with E-state index in [-0.39, 0.29) is 30.1 Å². The van der Waals surface area contributed by atoms with Crippen molar-refractivity contribution in [3.8, 4) is 0 Å². The van der Waals surface area contributed by atoms with Crippen molar-refractivity contribution in [2.75, 3.05) is 23.3 Å². The zero-order chi connectivity index (χ0) is 21.4. The van der Waals surface area contributed by atoms with Crippen LogP contribution in [0.4, 0.5) is 10.8 Å². The number of anilines is 2. The molecule has 1 fully saturated rings. The Labute approximate surface area is 182 Å². The molecule has 31 heavy (non-hydrogen) atoms. The topological polar surface area (TPSA) is 95.8 Å². The standard InChI is InChI=1S/C22H20N4O4S/c27-19-10-15(11-26(19)16-4-2-1-3-5-16)21(29)25-8-6-17-18(12-25)31-22(23-17)24-20(28)14-7-9-30-13-14/h1-5,7,9,13,15H,6,8,10-12H2,(H,23,24,28)/t15-/m1/s1. The second kappa shape index (κ2) is 7.99. The molecule has 0 radical (unpaired) electrons. The summed E-state index contributed by atoms with van der Waals surface area (Å²) in [7, 11) is 0. The highest BCUT2D eigenvalue weighted by Gasteiger charge is 2.38. The number of hydrogen-bond donors (Lipinski definition) is 1. The first-order chi connectivity index (χ1) is 15.1. The SMILES string of the molecule is O=C(Nc1nc2c(s1)CN(C(=O)[C@@H]1CC(=O)N(c3ccccc3)C1)CC2)c1ccoc1. The Morgan fingerprint density at radius 1 is 1.19 bits per heavy atom. The lowest BCUT2D eigenvalue weighted by Gasteiger charge is -2.28. The Kier molecular flexibility index (Phi) is 5.03. The van der Waals surface area contributed by atoms with Gasteiger partial charge in [-0.25, -0.2) is 4.98 Å². The summed E-state index contributed by atoms with van der Waals surface area (Å²) in [5, 5.41) is 3.30. The molecular formula is C22H20N4O4S. The van der Waals surface area contributed by atoms with Gasteiger partial charge in [-0.05, 0) is 18.2 Å². The first kappa shape index (κ1) is 19.5. The van der Waals surface area contributed by atoms with Gasteiger partial charge < -0.3 is 14.2 Å². The molecule has 0 saturated carbocycles. The molecule has 2 aromatic heterocycles. The van der Waals surface area contributed by atoms with Gasteiger partial charge in [0.05, 0.1) is 30.0 Å². The van der Waals surface area contributed by atoms with Crippen LogP contribution in [0.1, 0.15) is 27.3 Å². The van der Waals surface area contributed by atoms with Crippen molar-refractivity contribution >= 4 is 39.9 Å². The molecule has 0 spiro atoms. The van der Waals surface area contributed by atoms with Crippen molar-refractivity contribution in [2.45, 2.75) is 19.4 Å². The summed E-state index contributed by atoms with van der Waals surface area (Å²) >= 11 is 1.38. The monoisotopic (exact) mass is 436 g/mol. The molecule has 2 aliphatic heterocycles. The molecule has 8 nitrogen and oxygen atoms in total. The van der Waals surface area contributed by atoms with E-state index in [0.29, 0.717) is 36.8 Å². The van der Waals surface area contributed by atoms with E-state index in [4.69, 9.17) is 4.42 Å². The van der Waals surface area contributed by atoms with Crippen LogP contribution in [0.15, 0.2) is 53.3 Å². The number of thiazole rings is 1. The maximum Gasteiger partial charge on any atom is 0.260 e. The second-order valence-electron chi connectivity index (χ2n) is 7.61. The number of furan rings is 1. The Hall–Kier alpha value is -3.46. The van der Waals surface area contributed by atoms with Crippen LogP contribution in [-0.4, -0.2) is 40.7 Å². The molecule has 5 rings (SSSR count). The van der Waals surface area contributed by atoms with Gasteiger partial charge in [0.25, 0.3) is 5.91 Å². The molecule has 1 aromatic carbocycles. The van der Waals surface area contributed by atoms with Crippen LogP contribution in [0.2, 0.25) is 0 Å². The van der Waals surface area contributed by atoms with Gasteiger partial charge in [0, 0.05) is 36.5 Å². The lowest BCUT2D eigenvalue weighted by Crippen LogP contribution is -2.40. The van der Waals surface area contributed by atoms with Gasteiger partial charge in [0.2, 0.25) is 11.8 Å². The van der Waals surface area contributed by atoms with Gasteiger partial charge in [-0.15, -0.1) is 0 Å². The fourth-order valence-electron chi connectivity index (χ4n) is 3.99. The summed E-state index contributed by atoms with van der Waals surface area (Å²) < 4.78 is 4.94. The van der Waals surface area contributed by atoms with Crippen LogP contribution in [0.3, 0.4) is 0 Å². The van der Waals surface area contributed by atoms with Crippen LogP contribution < -0.4 is 10.2 Å². The van der Waals surface area contributed by atoms with Crippen molar-refractivity contribution < 1.29 is 18.8 Å². The first-order valence-corrected chi connectivity index (χ1v) is 10.9. The lowest BCUT2D eigenvalue weighted by molar-refractivity contribution is -0.136. The van der Waals surface area contributed by atoms with E-state index in [9.17, 15) is 14.4 Å². The van der Waals surface area contributed by atoms with Crippen LogP contribution in [0.25, 0.3) is 0 Å². The van der Waals surface area contributed by atoms with Crippen molar-refractivity contribution in [2.24, 2.45) is 5.92 Å². The smallest absolute Gasteiger partial charge is 0.260 e. The van der Waals surface area contributed by atoms with Crippen molar-refractivity contribution in [1.82, 2.24) is 9.88 Å². The van der Waals surface area contributed by atoms with E-state index in [1.807, 2.05) is 30.3 Å². The fraction of sp³-hybridized carbons (Fsp3) is 0.273. The number of carbonyl (C=O) groups is 3. The molecule has 158 valence electrons. The molecule has 1 N–H and O–H groups in total. The van der Waals surface area contributed by atoms with Crippen molar-refractivity contribution in [1.29, 1.82) is 0 Å². The van der Waals surface area contributed by atoms with Crippen LogP contribution in [0.5, 0.6) is 0 Å². The summed E-state index contributed by atoms with van der Waals surface area (Å²) in [6.45, 7) is 1.41. The van der Waals surface area contributed by atoms with Crippen molar-refractivity contribution in [3.05, 3.63) is 65.1 Å². The molecule has 2 aliphatic rings. The predicted molar refractivity (Wildman–Crippen MR) is 115 cm³/mol. The number of para-hydroxylation sites is 1. The fourth-order valence-corrected chi connectivity index (χ4v) is 5.01. The maximum absolute atomic E-state index is 13.1. The molecule has 9 heteroatoms. The van der Waals surface area contributed by atoms with E-state index in [1.165, 1.54) is 23.9 Å². The number of fused-ring (bicyclic) bond motifs is 1. The Morgan fingerprint density at radius 3 is 2.81 bits per heavy atom. The number of hydrogen-bond acceptors (Lipinski definition) is 6. The van der Waals surface area contributed by atoms with Crippen molar-refractivity contribution in [3.63, 3.8) is 0 Å². The first-order valence-electron chi connectivity index (χ1n) is 10.0. The van der Waals surface area contributed by atoms with E-state index >= 15 is 0 Å². The van der Waals surface area contributed by atoms with Gasteiger partial charge in [0.1, 0.15) is 6.26 Å². The largest absolute Gasteiger partial charge is 0.472 e. The average Bonchev–Trinajstić information content (AvgIpc) is 3.52. The number of nitrogens with zero attached hydrogens (tertiary/aromatic N) is 3. The van der Waals surface area contributed by atoms with Crippen LogP contribution in [0, 0.1) is 5.92 Å². The lowest BCUT2D eigenvalue weighted by atomic mass is 10.1. The summed E-state index contributed by atoms with van der Waals surface area (Å²) in [5.41, 5.74) is 2.16. The quantitative estimate of drug-likeness (QED) is 0.679. The molecule has 3 amide bonds. The molecule has 3 aromatic rings. The predicted octanol–water partition coefficient (Wildman–Crippen LogP) is 2.93. The third-order valence-electron chi connectivity index (χ3n) is 5.59. The number of amides is 3. The minimum atomic E-state index is -0.345. The number of benzene rings is 1. The average molecular weight is 436 g/mol. The number of nitrogens with one attached hydrogen (secondary N) is 1.